The molecule has 0 aromatic rings. The van der Waals surface area contributed by atoms with Gasteiger partial charge in [-0.15, -0.1) is 0 Å². The highest BCUT2D eigenvalue weighted by atomic mass is 127. The standard InChI is InChI=1S/C11H20INO2/c1-8(2)10(6-12)13-11(14)9-4-3-5-15-7-9/h8-10H,3-7H2,1-2H3,(H,13,14). The van der Waals surface area contributed by atoms with Gasteiger partial charge in [0, 0.05) is 17.1 Å². The van der Waals surface area contributed by atoms with Crippen LogP contribution in [-0.4, -0.2) is 29.6 Å². The quantitative estimate of drug-likeness (QED) is 0.634. The molecule has 1 fully saturated rings. The predicted molar refractivity (Wildman–Crippen MR) is 69.2 cm³/mol. The van der Waals surface area contributed by atoms with Crippen LogP contribution in [0.4, 0.5) is 0 Å². The van der Waals surface area contributed by atoms with Crippen molar-refractivity contribution in [2.75, 3.05) is 17.6 Å². The molecule has 88 valence electrons. The fourth-order valence-corrected chi connectivity index (χ4v) is 2.87. The summed E-state index contributed by atoms with van der Waals surface area (Å²) in [7, 11) is 0. The van der Waals surface area contributed by atoms with Gasteiger partial charge in [0.15, 0.2) is 0 Å². The van der Waals surface area contributed by atoms with Crippen molar-refractivity contribution in [2.24, 2.45) is 11.8 Å². The summed E-state index contributed by atoms with van der Waals surface area (Å²) in [4.78, 5) is 11.9. The number of nitrogens with one attached hydrogen (secondary N) is 1. The normalized spacial score (nSPS) is 23.9. The Hall–Kier alpha value is 0.160. The van der Waals surface area contributed by atoms with Gasteiger partial charge in [-0.2, -0.15) is 0 Å². The Morgan fingerprint density at radius 3 is 2.80 bits per heavy atom. The van der Waals surface area contributed by atoms with Gasteiger partial charge < -0.3 is 10.1 Å². The minimum atomic E-state index is 0.0722. The van der Waals surface area contributed by atoms with E-state index in [1.54, 1.807) is 0 Å². The van der Waals surface area contributed by atoms with Gasteiger partial charge in [-0.05, 0) is 18.8 Å². The molecular weight excluding hydrogens is 305 g/mol. The molecule has 2 unspecified atom stereocenters. The van der Waals surface area contributed by atoms with E-state index in [-0.39, 0.29) is 11.8 Å². The van der Waals surface area contributed by atoms with Gasteiger partial charge in [0.05, 0.1) is 12.5 Å². The number of rotatable bonds is 4. The Kier molecular flexibility index (Phi) is 5.89. The van der Waals surface area contributed by atoms with Crippen LogP contribution in [0.15, 0.2) is 0 Å². The van der Waals surface area contributed by atoms with Crippen molar-refractivity contribution < 1.29 is 9.53 Å². The monoisotopic (exact) mass is 325 g/mol. The molecule has 1 heterocycles. The molecule has 2 atom stereocenters. The average molecular weight is 325 g/mol. The first-order valence-electron chi connectivity index (χ1n) is 5.59. The Balaban J connectivity index is 2.38. The molecule has 1 rings (SSSR count). The molecule has 1 aliphatic rings. The predicted octanol–water partition coefficient (Wildman–Crippen LogP) is 1.99. The maximum absolute atomic E-state index is 11.9. The van der Waals surface area contributed by atoms with Crippen molar-refractivity contribution in [1.82, 2.24) is 5.32 Å². The van der Waals surface area contributed by atoms with E-state index in [2.05, 4.69) is 41.8 Å². The molecule has 15 heavy (non-hydrogen) atoms. The number of amides is 1. The molecule has 1 amide bonds. The van der Waals surface area contributed by atoms with Crippen LogP contribution in [-0.2, 0) is 9.53 Å². The first-order valence-corrected chi connectivity index (χ1v) is 7.11. The van der Waals surface area contributed by atoms with E-state index in [4.69, 9.17) is 4.74 Å². The molecule has 0 aromatic carbocycles. The summed E-state index contributed by atoms with van der Waals surface area (Å²) in [6.45, 7) is 5.68. The first kappa shape index (κ1) is 13.2. The average Bonchev–Trinajstić information content (AvgIpc) is 2.26. The molecule has 3 nitrogen and oxygen atoms in total. The number of hydrogen-bond donors (Lipinski definition) is 1. The van der Waals surface area contributed by atoms with E-state index >= 15 is 0 Å². The fraction of sp³-hybridized carbons (Fsp3) is 0.909. The fourth-order valence-electron chi connectivity index (χ4n) is 1.63. The van der Waals surface area contributed by atoms with Crippen LogP contribution in [0.25, 0.3) is 0 Å². The lowest BCUT2D eigenvalue weighted by molar-refractivity contribution is -0.129. The van der Waals surface area contributed by atoms with Crippen LogP contribution in [0, 0.1) is 11.8 Å². The summed E-state index contributed by atoms with van der Waals surface area (Å²) in [5.41, 5.74) is 0. The third-order valence-electron chi connectivity index (χ3n) is 2.83. The highest BCUT2D eigenvalue weighted by Gasteiger charge is 2.24. The molecule has 0 saturated carbocycles. The number of hydrogen-bond acceptors (Lipinski definition) is 2. The topological polar surface area (TPSA) is 38.3 Å². The number of carbonyl (C=O) groups excluding carboxylic acids is 1. The second-order valence-corrected chi connectivity index (χ2v) is 5.31. The van der Waals surface area contributed by atoms with Crippen LogP contribution in [0.2, 0.25) is 0 Å². The van der Waals surface area contributed by atoms with E-state index in [0.29, 0.717) is 18.6 Å². The number of halogens is 1. The van der Waals surface area contributed by atoms with Crippen LogP contribution in [0.1, 0.15) is 26.7 Å². The van der Waals surface area contributed by atoms with Crippen molar-refractivity contribution in [3.05, 3.63) is 0 Å². The van der Waals surface area contributed by atoms with E-state index in [0.717, 1.165) is 23.9 Å². The van der Waals surface area contributed by atoms with Gasteiger partial charge in [-0.3, -0.25) is 4.79 Å². The van der Waals surface area contributed by atoms with Crippen molar-refractivity contribution in [3.8, 4) is 0 Å². The lowest BCUT2D eigenvalue weighted by Gasteiger charge is -2.26. The molecule has 0 aromatic heterocycles. The SMILES string of the molecule is CC(C)C(CI)NC(=O)C1CCCOC1. The van der Waals surface area contributed by atoms with Crippen molar-refractivity contribution in [3.63, 3.8) is 0 Å². The Labute approximate surface area is 105 Å². The molecule has 0 spiro atoms. The lowest BCUT2D eigenvalue weighted by atomic mass is 9.99. The summed E-state index contributed by atoms with van der Waals surface area (Å²) in [6, 6.07) is 0.292. The second kappa shape index (κ2) is 6.68. The van der Waals surface area contributed by atoms with Crippen LogP contribution < -0.4 is 5.32 Å². The highest BCUT2D eigenvalue weighted by molar-refractivity contribution is 14.1. The zero-order valence-corrected chi connectivity index (χ0v) is 11.6. The maximum atomic E-state index is 11.9. The summed E-state index contributed by atoms with van der Waals surface area (Å²) < 4.78 is 6.28. The van der Waals surface area contributed by atoms with Crippen LogP contribution in [0.3, 0.4) is 0 Å². The van der Waals surface area contributed by atoms with Crippen molar-refractivity contribution >= 4 is 28.5 Å². The van der Waals surface area contributed by atoms with Gasteiger partial charge >= 0.3 is 0 Å². The number of ether oxygens (including phenoxy) is 1. The molecule has 1 aliphatic heterocycles. The van der Waals surface area contributed by atoms with Gasteiger partial charge in [0.2, 0.25) is 5.91 Å². The molecule has 0 bridgehead atoms. The summed E-state index contributed by atoms with van der Waals surface area (Å²) >= 11 is 2.32. The molecule has 1 N–H and O–H groups in total. The lowest BCUT2D eigenvalue weighted by Crippen LogP contribution is -2.44. The van der Waals surface area contributed by atoms with E-state index < -0.39 is 0 Å². The van der Waals surface area contributed by atoms with E-state index in [1.807, 2.05) is 0 Å². The summed E-state index contributed by atoms with van der Waals surface area (Å²) in [5, 5.41) is 3.11. The van der Waals surface area contributed by atoms with E-state index in [9.17, 15) is 4.79 Å². The third-order valence-corrected chi connectivity index (χ3v) is 3.78. The van der Waals surface area contributed by atoms with Gasteiger partial charge in [-0.25, -0.2) is 0 Å². The zero-order chi connectivity index (χ0) is 11.3. The third kappa shape index (κ3) is 4.26. The second-order valence-electron chi connectivity index (χ2n) is 4.43. The molecule has 4 heteroatoms. The van der Waals surface area contributed by atoms with Crippen molar-refractivity contribution in [2.45, 2.75) is 32.7 Å². The minimum absolute atomic E-state index is 0.0722. The van der Waals surface area contributed by atoms with Crippen molar-refractivity contribution in [1.29, 1.82) is 0 Å². The first-order chi connectivity index (χ1) is 7.15. The molecule has 1 saturated heterocycles. The van der Waals surface area contributed by atoms with Crippen LogP contribution >= 0.6 is 22.6 Å². The largest absolute Gasteiger partial charge is 0.381 e. The number of alkyl halides is 1. The molecule has 0 aliphatic carbocycles. The Bertz CT molecular complexity index is 203. The Morgan fingerprint density at radius 1 is 1.60 bits per heavy atom. The highest BCUT2D eigenvalue weighted by Crippen LogP contribution is 2.15. The maximum Gasteiger partial charge on any atom is 0.225 e. The number of carbonyl (C=O) groups is 1. The molecular formula is C11H20INO2. The van der Waals surface area contributed by atoms with Crippen LogP contribution in [0.5, 0.6) is 0 Å². The minimum Gasteiger partial charge on any atom is -0.381 e. The summed E-state index contributed by atoms with van der Waals surface area (Å²) in [5.74, 6) is 0.739. The van der Waals surface area contributed by atoms with Gasteiger partial charge in [-0.1, -0.05) is 36.4 Å². The zero-order valence-electron chi connectivity index (χ0n) is 9.46. The smallest absolute Gasteiger partial charge is 0.225 e. The van der Waals surface area contributed by atoms with Gasteiger partial charge in [0.1, 0.15) is 0 Å². The molecule has 0 radical (unpaired) electrons. The van der Waals surface area contributed by atoms with Gasteiger partial charge in [0.25, 0.3) is 0 Å². The van der Waals surface area contributed by atoms with E-state index in [1.165, 1.54) is 0 Å². The summed E-state index contributed by atoms with van der Waals surface area (Å²) in [6.07, 6.45) is 1.98. The Morgan fingerprint density at radius 2 is 2.33 bits per heavy atom.